The van der Waals surface area contributed by atoms with Gasteiger partial charge in [-0.1, -0.05) is 36.4 Å². The predicted molar refractivity (Wildman–Crippen MR) is 81.1 cm³/mol. The number of hydrogen-bond acceptors (Lipinski definition) is 5. The summed E-state index contributed by atoms with van der Waals surface area (Å²) in [4.78, 5) is 24.8. The molecule has 2 aromatic rings. The third kappa shape index (κ3) is 2.38. The van der Waals surface area contributed by atoms with E-state index in [-0.39, 0.29) is 23.4 Å². The number of rotatable bonds is 3. The minimum atomic E-state index is -0.619. The van der Waals surface area contributed by atoms with Crippen LogP contribution in [0.4, 0.5) is 0 Å². The first-order valence-corrected chi connectivity index (χ1v) is 7.64. The van der Waals surface area contributed by atoms with Crippen LogP contribution in [0.5, 0.6) is 5.88 Å². The maximum atomic E-state index is 12.7. The van der Waals surface area contributed by atoms with Crippen molar-refractivity contribution in [2.75, 3.05) is 0 Å². The summed E-state index contributed by atoms with van der Waals surface area (Å²) in [5.41, 5.74) is 1.31. The van der Waals surface area contributed by atoms with Gasteiger partial charge in [0, 0.05) is 6.42 Å². The van der Waals surface area contributed by atoms with Crippen LogP contribution in [0.3, 0.4) is 0 Å². The van der Waals surface area contributed by atoms with Gasteiger partial charge in [-0.15, -0.1) is 0 Å². The van der Waals surface area contributed by atoms with E-state index in [2.05, 4.69) is 5.16 Å². The zero-order chi connectivity index (χ0) is 15.8. The van der Waals surface area contributed by atoms with Crippen molar-refractivity contribution in [3.8, 4) is 5.88 Å². The van der Waals surface area contributed by atoms with Crippen molar-refractivity contribution in [2.45, 2.75) is 19.4 Å². The van der Waals surface area contributed by atoms with Crippen molar-refractivity contribution in [2.24, 2.45) is 11.8 Å². The molecule has 0 bridgehead atoms. The molecule has 0 radical (unpaired) electrons. The first-order valence-electron chi connectivity index (χ1n) is 7.64. The summed E-state index contributed by atoms with van der Waals surface area (Å²) < 4.78 is 11.0. The highest BCUT2D eigenvalue weighted by atomic mass is 16.5. The standard InChI is InChI=1S/C18H15NO4/c20-13-8-4-7-12-9-14-16(17(21)15(12)13)18(19-23-14)22-10-11-5-2-1-3-6-11/h1-6,8,12,15H,7,9-10H2. The fraction of sp³-hybridized carbons (Fsp3) is 0.278. The molecule has 0 amide bonds. The highest BCUT2D eigenvalue weighted by Gasteiger charge is 2.44. The summed E-state index contributed by atoms with van der Waals surface area (Å²) in [5, 5.41) is 3.90. The minimum absolute atomic E-state index is 0.0255. The summed E-state index contributed by atoms with van der Waals surface area (Å²) >= 11 is 0. The zero-order valence-corrected chi connectivity index (χ0v) is 12.4. The van der Waals surface area contributed by atoms with E-state index < -0.39 is 5.92 Å². The molecule has 0 fully saturated rings. The van der Waals surface area contributed by atoms with Crippen LogP contribution >= 0.6 is 0 Å². The Morgan fingerprint density at radius 1 is 1.22 bits per heavy atom. The molecule has 2 aliphatic rings. The van der Waals surface area contributed by atoms with Crippen LogP contribution in [0.15, 0.2) is 47.0 Å². The molecule has 0 saturated heterocycles. The van der Waals surface area contributed by atoms with Crippen LogP contribution in [-0.2, 0) is 17.8 Å². The summed E-state index contributed by atoms with van der Waals surface area (Å²) in [5.74, 6) is -0.285. The third-order valence-electron chi connectivity index (χ3n) is 4.43. The van der Waals surface area contributed by atoms with E-state index in [0.717, 1.165) is 5.56 Å². The molecule has 1 aromatic carbocycles. The van der Waals surface area contributed by atoms with Crippen molar-refractivity contribution in [3.63, 3.8) is 0 Å². The Kier molecular flexibility index (Phi) is 3.33. The first-order chi connectivity index (χ1) is 11.2. The number of carbonyl (C=O) groups is 2. The van der Waals surface area contributed by atoms with Crippen molar-refractivity contribution in [1.82, 2.24) is 5.16 Å². The van der Waals surface area contributed by atoms with E-state index in [4.69, 9.17) is 9.26 Å². The molecule has 0 spiro atoms. The largest absolute Gasteiger partial charge is 0.470 e. The van der Waals surface area contributed by atoms with E-state index >= 15 is 0 Å². The highest BCUT2D eigenvalue weighted by Crippen LogP contribution is 2.39. The summed E-state index contributed by atoms with van der Waals surface area (Å²) in [6, 6.07) is 9.62. The van der Waals surface area contributed by atoms with Gasteiger partial charge in [-0.3, -0.25) is 9.59 Å². The number of hydrogen-bond donors (Lipinski definition) is 0. The lowest BCUT2D eigenvalue weighted by Crippen LogP contribution is -2.37. The Labute approximate surface area is 132 Å². The Balaban J connectivity index is 1.60. The lowest BCUT2D eigenvalue weighted by Gasteiger charge is -2.28. The third-order valence-corrected chi connectivity index (χ3v) is 4.43. The number of carbonyl (C=O) groups excluding carboxylic acids is 2. The topological polar surface area (TPSA) is 69.4 Å². The van der Waals surface area contributed by atoms with Crippen molar-refractivity contribution < 1.29 is 18.8 Å². The van der Waals surface area contributed by atoms with Gasteiger partial charge in [0.1, 0.15) is 12.2 Å². The first kappa shape index (κ1) is 13.9. The van der Waals surface area contributed by atoms with E-state index in [0.29, 0.717) is 30.8 Å². The van der Waals surface area contributed by atoms with Crippen molar-refractivity contribution in [3.05, 3.63) is 59.4 Å². The molecule has 4 rings (SSSR count). The average molecular weight is 309 g/mol. The second-order valence-electron chi connectivity index (χ2n) is 5.91. The van der Waals surface area contributed by atoms with E-state index in [1.54, 1.807) is 0 Å². The highest BCUT2D eigenvalue weighted by molar-refractivity contribution is 6.16. The molecule has 1 aromatic heterocycles. The molecule has 5 heteroatoms. The van der Waals surface area contributed by atoms with Crippen molar-refractivity contribution in [1.29, 1.82) is 0 Å². The molecular weight excluding hydrogens is 294 g/mol. The van der Waals surface area contributed by atoms with Gasteiger partial charge in [0.2, 0.25) is 0 Å². The second kappa shape index (κ2) is 5.50. The molecule has 2 unspecified atom stereocenters. The number of aromatic nitrogens is 1. The maximum absolute atomic E-state index is 12.7. The van der Waals surface area contributed by atoms with Gasteiger partial charge in [0.05, 0.1) is 5.92 Å². The molecule has 1 heterocycles. The van der Waals surface area contributed by atoms with E-state index in [1.165, 1.54) is 6.08 Å². The molecule has 0 aliphatic heterocycles. The lowest BCUT2D eigenvalue weighted by atomic mass is 9.71. The molecule has 2 aliphatic carbocycles. The Morgan fingerprint density at radius 2 is 2.04 bits per heavy atom. The van der Waals surface area contributed by atoms with Gasteiger partial charge < -0.3 is 9.26 Å². The van der Waals surface area contributed by atoms with Gasteiger partial charge in [0.25, 0.3) is 5.88 Å². The molecule has 0 saturated carbocycles. The maximum Gasteiger partial charge on any atom is 0.265 e. The number of benzene rings is 1. The summed E-state index contributed by atoms with van der Waals surface area (Å²) in [7, 11) is 0. The minimum Gasteiger partial charge on any atom is -0.470 e. The molecule has 2 atom stereocenters. The Hall–Kier alpha value is -2.69. The van der Waals surface area contributed by atoms with Gasteiger partial charge in [-0.05, 0) is 29.1 Å². The Bertz CT molecular complexity index is 791. The SMILES string of the molecule is O=C1C=CCC2Cc3onc(OCc4ccccc4)c3C(=O)C12. The van der Waals surface area contributed by atoms with Crippen LogP contribution in [0.25, 0.3) is 0 Å². The predicted octanol–water partition coefficient (Wildman–Crippen LogP) is 2.75. The Morgan fingerprint density at radius 3 is 2.87 bits per heavy atom. The number of nitrogens with zero attached hydrogens (tertiary/aromatic N) is 1. The van der Waals surface area contributed by atoms with Crippen molar-refractivity contribution >= 4 is 11.6 Å². The monoisotopic (exact) mass is 309 g/mol. The number of ketones is 2. The quantitative estimate of drug-likeness (QED) is 0.815. The summed E-state index contributed by atoms with van der Waals surface area (Å²) in [6.45, 7) is 0.301. The second-order valence-corrected chi connectivity index (χ2v) is 5.91. The molecule has 0 N–H and O–H groups in total. The van der Waals surface area contributed by atoms with Crippen LogP contribution in [0.2, 0.25) is 0 Å². The van der Waals surface area contributed by atoms with Crippen LogP contribution < -0.4 is 4.74 Å². The van der Waals surface area contributed by atoms with Gasteiger partial charge in [0.15, 0.2) is 17.3 Å². The fourth-order valence-corrected chi connectivity index (χ4v) is 3.28. The van der Waals surface area contributed by atoms with Crippen LogP contribution in [-0.4, -0.2) is 16.7 Å². The molecule has 23 heavy (non-hydrogen) atoms. The number of Topliss-reactive ketones (excluding diaryl/α,β-unsaturated/α-hetero) is 1. The number of fused-ring (bicyclic) bond motifs is 2. The molecule has 5 nitrogen and oxygen atoms in total. The lowest BCUT2D eigenvalue weighted by molar-refractivity contribution is -0.118. The number of allylic oxidation sites excluding steroid dienone is 2. The van der Waals surface area contributed by atoms with Crippen LogP contribution in [0.1, 0.15) is 28.1 Å². The molecular formula is C18H15NO4. The van der Waals surface area contributed by atoms with Crippen LogP contribution in [0, 0.1) is 11.8 Å². The van der Waals surface area contributed by atoms with Gasteiger partial charge >= 0.3 is 0 Å². The zero-order valence-electron chi connectivity index (χ0n) is 12.4. The average Bonchev–Trinajstić information content (AvgIpc) is 2.97. The summed E-state index contributed by atoms with van der Waals surface area (Å²) in [6.07, 6.45) is 4.58. The number of ether oxygens (including phenoxy) is 1. The smallest absolute Gasteiger partial charge is 0.265 e. The van der Waals surface area contributed by atoms with Gasteiger partial charge in [-0.2, -0.15) is 0 Å². The molecule has 116 valence electrons. The van der Waals surface area contributed by atoms with E-state index in [9.17, 15) is 9.59 Å². The van der Waals surface area contributed by atoms with E-state index in [1.807, 2.05) is 36.4 Å². The fourth-order valence-electron chi connectivity index (χ4n) is 3.28. The normalized spacial score (nSPS) is 22.6. The van der Waals surface area contributed by atoms with Gasteiger partial charge in [-0.25, -0.2) is 0 Å².